The van der Waals surface area contributed by atoms with E-state index in [-0.39, 0.29) is 18.0 Å². The van der Waals surface area contributed by atoms with Gasteiger partial charge >= 0.3 is 0 Å². The first-order chi connectivity index (χ1) is 9.57. The standard InChI is InChI=1S/C15H16F2N2O/c16-12-5-4-11(13(17)8-12)9-19-14(20)15(10-18)6-2-1-3-7-15/h4-5,8H,1-3,6-7,9H2,(H,19,20). The van der Waals surface area contributed by atoms with Crippen LogP contribution in [0.1, 0.15) is 37.7 Å². The molecule has 3 nitrogen and oxygen atoms in total. The molecule has 0 aromatic heterocycles. The van der Waals surface area contributed by atoms with Crippen LogP contribution < -0.4 is 5.32 Å². The van der Waals surface area contributed by atoms with E-state index in [0.717, 1.165) is 31.4 Å². The van der Waals surface area contributed by atoms with Gasteiger partial charge in [0.1, 0.15) is 17.0 Å². The lowest BCUT2D eigenvalue weighted by atomic mass is 9.74. The summed E-state index contributed by atoms with van der Waals surface area (Å²) in [6, 6.07) is 5.33. The summed E-state index contributed by atoms with van der Waals surface area (Å²) >= 11 is 0. The molecule has 1 saturated carbocycles. The summed E-state index contributed by atoms with van der Waals surface area (Å²) in [5, 5.41) is 11.9. The van der Waals surface area contributed by atoms with E-state index in [9.17, 15) is 18.8 Å². The molecule has 0 bridgehead atoms. The second-order valence-electron chi connectivity index (χ2n) is 5.17. The third-order valence-electron chi connectivity index (χ3n) is 3.81. The molecule has 0 unspecified atom stereocenters. The number of hydrogen-bond donors (Lipinski definition) is 1. The summed E-state index contributed by atoms with van der Waals surface area (Å²) in [6.45, 7) is -0.0334. The summed E-state index contributed by atoms with van der Waals surface area (Å²) in [5.41, 5.74) is -0.780. The second kappa shape index (κ2) is 6.00. The number of halogens is 2. The Morgan fingerprint density at radius 1 is 1.30 bits per heavy atom. The Labute approximate surface area is 116 Å². The van der Waals surface area contributed by atoms with E-state index in [1.807, 2.05) is 0 Å². The lowest BCUT2D eigenvalue weighted by molar-refractivity contribution is -0.129. The molecule has 20 heavy (non-hydrogen) atoms. The molecule has 1 aliphatic carbocycles. The first kappa shape index (κ1) is 14.4. The zero-order valence-corrected chi connectivity index (χ0v) is 11.1. The van der Waals surface area contributed by atoms with Crippen molar-refractivity contribution < 1.29 is 13.6 Å². The highest BCUT2D eigenvalue weighted by molar-refractivity contribution is 5.85. The monoisotopic (exact) mass is 278 g/mol. The van der Waals surface area contributed by atoms with Gasteiger partial charge in [-0.2, -0.15) is 5.26 Å². The molecule has 0 saturated heterocycles. The van der Waals surface area contributed by atoms with E-state index >= 15 is 0 Å². The van der Waals surface area contributed by atoms with Crippen LogP contribution in [-0.4, -0.2) is 5.91 Å². The van der Waals surface area contributed by atoms with Crippen LogP contribution in [0.25, 0.3) is 0 Å². The minimum atomic E-state index is -0.991. The normalized spacial score (nSPS) is 17.2. The summed E-state index contributed by atoms with van der Waals surface area (Å²) < 4.78 is 26.2. The molecule has 0 radical (unpaired) electrons. The number of benzene rings is 1. The molecule has 1 fully saturated rings. The topological polar surface area (TPSA) is 52.9 Å². The molecule has 1 aromatic rings. The molecule has 2 rings (SSSR count). The minimum Gasteiger partial charge on any atom is -0.351 e. The summed E-state index contributed by atoms with van der Waals surface area (Å²) in [4.78, 5) is 12.2. The van der Waals surface area contributed by atoms with Crippen molar-refractivity contribution in [1.29, 1.82) is 5.26 Å². The molecule has 1 aromatic carbocycles. The Morgan fingerprint density at radius 2 is 2.00 bits per heavy atom. The van der Waals surface area contributed by atoms with Gasteiger partial charge in [0.15, 0.2) is 0 Å². The van der Waals surface area contributed by atoms with Gasteiger partial charge in [-0.05, 0) is 18.9 Å². The molecular weight excluding hydrogens is 262 g/mol. The lowest BCUT2D eigenvalue weighted by Crippen LogP contribution is -2.41. The van der Waals surface area contributed by atoms with E-state index < -0.39 is 17.0 Å². The quantitative estimate of drug-likeness (QED) is 0.923. The third-order valence-corrected chi connectivity index (χ3v) is 3.81. The van der Waals surface area contributed by atoms with Crippen molar-refractivity contribution in [1.82, 2.24) is 5.32 Å². The van der Waals surface area contributed by atoms with Gasteiger partial charge in [0.05, 0.1) is 6.07 Å². The van der Waals surface area contributed by atoms with Crippen LogP contribution in [0.2, 0.25) is 0 Å². The predicted molar refractivity (Wildman–Crippen MR) is 69.3 cm³/mol. The maximum atomic E-state index is 13.5. The Hall–Kier alpha value is -1.96. The fraction of sp³-hybridized carbons (Fsp3) is 0.467. The van der Waals surface area contributed by atoms with Crippen molar-refractivity contribution in [2.24, 2.45) is 5.41 Å². The Bertz CT molecular complexity index is 545. The fourth-order valence-corrected chi connectivity index (χ4v) is 2.55. The van der Waals surface area contributed by atoms with Gasteiger partial charge in [-0.25, -0.2) is 8.78 Å². The Kier molecular flexibility index (Phi) is 4.33. The molecule has 1 aliphatic rings. The van der Waals surface area contributed by atoms with Crippen LogP contribution in [0.15, 0.2) is 18.2 Å². The van der Waals surface area contributed by atoms with Crippen molar-refractivity contribution in [3.05, 3.63) is 35.4 Å². The van der Waals surface area contributed by atoms with Crippen molar-refractivity contribution in [3.63, 3.8) is 0 Å². The largest absolute Gasteiger partial charge is 0.351 e. The van der Waals surface area contributed by atoms with E-state index in [1.165, 1.54) is 6.07 Å². The average Bonchev–Trinajstić information content (AvgIpc) is 2.46. The van der Waals surface area contributed by atoms with Gasteiger partial charge in [0.2, 0.25) is 5.91 Å². The number of nitrogens with zero attached hydrogens (tertiary/aromatic N) is 1. The average molecular weight is 278 g/mol. The number of nitriles is 1. The van der Waals surface area contributed by atoms with Crippen LogP contribution >= 0.6 is 0 Å². The van der Waals surface area contributed by atoms with E-state index in [2.05, 4.69) is 11.4 Å². The zero-order valence-electron chi connectivity index (χ0n) is 11.1. The number of carbonyl (C=O) groups excluding carboxylic acids is 1. The highest BCUT2D eigenvalue weighted by Gasteiger charge is 2.39. The van der Waals surface area contributed by atoms with Gasteiger partial charge in [0.25, 0.3) is 0 Å². The van der Waals surface area contributed by atoms with Gasteiger partial charge in [-0.1, -0.05) is 25.3 Å². The summed E-state index contributed by atoms with van der Waals surface area (Å²) in [7, 11) is 0. The maximum Gasteiger partial charge on any atom is 0.240 e. The first-order valence-electron chi connectivity index (χ1n) is 6.71. The highest BCUT2D eigenvalue weighted by Crippen LogP contribution is 2.35. The number of hydrogen-bond acceptors (Lipinski definition) is 2. The van der Waals surface area contributed by atoms with E-state index in [4.69, 9.17) is 0 Å². The fourth-order valence-electron chi connectivity index (χ4n) is 2.55. The molecule has 0 spiro atoms. The minimum absolute atomic E-state index is 0.0334. The smallest absolute Gasteiger partial charge is 0.240 e. The summed E-state index contributed by atoms with van der Waals surface area (Å²) in [5.74, 6) is -1.71. The highest BCUT2D eigenvalue weighted by atomic mass is 19.1. The van der Waals surface area contributed by atoms with Gasteiger partial charge in [-0.3, -0.25) is 4.79 Å². The van der Waals surface area contributed by atoms with E-state index in [0.29, 0.717) is 12.8 Å². The Morgan fingerprint density at radius 3 is 2.60 bits per heavy atom. The molecule has 1 amide bonds. The second-order valence-corrected chi connectivity index (χ2v) is 5.17. The summed E-state index contributed by atoms with van der Waals surface area (Å²) in [6.07, 6.45) is 3.82. The SMILES string of the molecule is N#CC1(C(=O)NCc2ccc(F)cc2F)CCCCC1. The maximum absolute atomic E-state index is 13.5. The number of carbonyl (C=O) groups is 1. The Balaban J connectivity index is 2.02. The molecular formula is C15H16F2N2O. The van der Waals surface area contributed by atoms with Gasteiger partial charge in [0, 0.05) is 18.2 Å². The van der Waals surface area contributed by atoms with Crippen molar-refractivity contribution in [3.8, 4) is 6.07 Å². The molecule has 0 heterocycles. The molecule has 5 heteroatoms. The van der Waals surface area contributed by atoms with E-state index in [1.54, 1.807) is 0 Å². The van der Waals surface area contributed by atoms with Crippen LogP contribution in [-0.2, 0) is 11.3 Å². The van der Waals surface area contributed by atoms with Crippen molar-refractivity contribution >= 4 is 5.91 Å². The first-order valence-corrected chi connectivity index (χ1v) is 6.71. The molecule has 0 aliphatic heterocycles. The van der Waals surface area contributed by atoms with Crippen LogP contribution in [0.3, 0.4) is 0 Å². The number of amides is 1. The van der Waals surface area contributed by atoms with Crippen LogP contribution in [0.5, 0.6) is 0 Å². The molecule has 106 valence electrons. The van der Waals surface area contributed by atoms with Crippen molar-refractivity contribution in [2.45, 2.75) is 38.6 Å². The predicted octanol–water partition coefficient (Wildman–Crippen LogP) is 3.06. The van der Waals surface area contributed by atoms with Gasteiger partial charge < -0.3 is 5.32 Å². The van der Waals surface area contributed by atoms with Crippen LogP contribution in [0, 0.1) is 28.4 Å². The number of rotatable bonds is 3. The van der Waals surface area contributed by atoms with Crippen molar-refractivity contribution in [2.75, 3.05) is 0 Å². The molecule has 1 N–H and O–H groups in total. The number of nitrogens with one attached hydrogen (secondary N) is 1. The third kappa shape index (κ3) is 2.96. The zero-order chi connectivity index (χ0) is 14.6. The molecule has 0 atom stereocenters. The lowest BCUT2D eigenvalue weighted by Gasteiger charge is -2.29. The van der Waals surface area contributed by atoms with Gasteiger partial charge in [-0.15, -0.1) is 0 Å². The van der Waals surface area contributed by atoms with Crippen LogP contribution in [0.4, 0.5) is 8.78 Å².